The summed E-state index contributed by atoms with van der Waals surface area (Å²) in [5, 5.41) is 3.52. The molecule has 0 aromatic carbocycles. The fraction of sp³-hybridized carbons (Fsp3) is 0.765. The summed E-state index contributed by atoms with van der Waals surface area (Å²) in [5.74, 6) is 2.25. The standard InChI is InChI=1S/C17H32N4/c1-7-21(8-2)11-9-10-14(5)18-16-12-15(6)19-17(20-16)13(3)4/h12-14H,7-11H2,1-6H3,(H,18,19,20). The molecule has 1 aromatic heterocycles. The Morgan fingerprint density at radius 1 is 1.14 bits per heavy atom. The molecule has 0 saturated carbocycles. The molecular weight excluding hydrogens is 260 g/mol. The lowest BCUT2D eigenvalue weighted by Gasteiger charge is -2.20. The molecule has 120 valence electrons. The summed E-state index contributed by atoms with van der Waals surface area (Å²) in [6, 6.07) is 2.47. The summed E-state index contributed by atoms with van der Waals surface area (Å²) in [6.07, 6.45) is 2.38. The van der Waals surface area contributed by atoms with Crippen molar-refractivity contribution in [3.8, 4) is 0 Å². The maximum atomic E-state index is 4.62. The Morgan fingerprint density at radius 3 is 2.38 bits per heavy atom. The minimum Gasteiger partial charge on any atom is -0.368 e. The summed E-state index contributed by atoms with van der Waals surface area (Å²) >= 11 is 0. The lowest BCUT2D eigenvalue weighted by atomic mass is 10.1. The molecule has 0 bridgehead atoms. The van der Waals surface area contributed by atoms with Crippen molar-refractivity contribution in [2.45, 2.75) is 66.3 Å². The average Bonchev–Trinajstić information content (AvgIpc) is 2.43. The zero-order chi connectivity index (χ0) is 15.8. The molecule has 1 rings (SSSR count). The quantitative estimate of drug-likeness (QED) is 0.751. The van der Waals surface area contributed by atoms with Crippen molar-refractivity contribution in [3.63, 3.8) is 0 Å². The molecule has 1 N–H and O–H groups in total. The van der Waals surface area contributed by atoms with Crippen LogP contribution in [0.2, 0.25) is 0 Å². The van der Waals surface area contributed by atoms with Crippen LogP contribution in [0.3, 0.4) is 0 Å². The average molecular weight is 292 g/mol. The second-order valence-electron chi connectivity index (χ2n) is 6.12. The first kappa shape index (κ1) is 17.9. The van der Waals surface area contributed by atoms with Gasteiger partial charge in [-0.3, -0.25) is 0 Å². The Bertz CT molecular complexity index is 413. The summed E-state index contributed by atoms with van der Waals surface area (Å²) < 4.78 is 0. The van der Waals surface area contributed by atoms with Gasteiger partial charge >= 0.3 is 0 Å². The van der Waals surface area contributed by atoms with Crippen LogP contribution in [-0.2, 0) is 0 Å². The van der Waals surface area contributed by atoms with Crippen molar-refractivity contribution < 1.29 is 0 Å². The Hall–Kier alpha value is -1.16. The van der Waals surface area contributed by atoms with E-state index in [0.717, 1.165) is 36.8 Å². The molecule has 21 heavy (non-hydrogen) atoms. The third kappa shape index (κ3) is 6.42. The Labute approximate surface area is 130 Å². The second-order valence-corrected chi connectivity index (χ2v) is 6.12. The van der Waals surface area contributed by atoms with E-state index in [0.29, 0.717) is 12.0 Å². The predicted molar refractivity (Wildman–Crippen MR) is 91.0 cm³/mol. The van der Waals surface area contributed by atoms with Crippen LogP contribution in [-0.4, -0.2) is 40.5 Å². The third-order valence-electron chi connectivity index (χ3n) is 3.79. The first-order valence-electron chi connectivity index (χ1n) is 8.30. The van der Waals surface area contributed by atoms with Crippen LogP contribution in [0.25, 0.3) is 0 Å². The van der Waals surface area contributed by atoms with Crippen molar-refractivity contribution in [1.29, 1.82) is 0 Å². The minimum atomic E-state index is 0.364. The lowest BCUT2D eigenvalue weighted by Crippen LogP contribution is -2.25. The van der Waals surface area contributed by atoms with Gasteiger partial charge in [-0.2, -0.15) is 0 Å². The molecule has 4 nitrogen and oxygen atoms in total. The third-order valence-corrected chi connectivity index (χ3v) is 3.79. The van der Waals surface area contributed by atoms with Crippen molar-refractivity contribution in [1.82, 2.24) is 14.9 Å². The van der Waals surface area contributed by atoms with Crippen LogP contribution in [0.5, 0.6) is 0 Å². The van der Waals surface area contributed by atoms with Gasteiger partial charge in [-0.15, -0.1) is 0 Å². The first-order chi connectivity index (χ1) is 9.96. The number of hydrogen-bond acceptors (Lipinski definition) is 4. The Kier molecular flexibility index (Phi) is 7.65. The van der Waals surface area contributed by atoms with Crippen LogP contribution >= 0.6 is 0 Å². The SMILES string of the molecule is CCN(CC)CCCC(C)Nc1cc(C)nc(C(C)C)n1. The Morgan fingerprint density at radius 2 is 1.81 bits per heavy atom. The van der Waals surface area contributed by atoms with Crippen molar-refractivity contribution in [2.24, 2.45) is 0 Å². The second kappa shape index (κ2) is 8.98. The van der Waals surface area contributed by atoms with E-state index in [4.69, 9.17) is 0 Å². The number of nitrogens with zero attached hydrogens (tertiary/aromatic N) is 3. The van der Waals surface area contributed by atoms with Crippen LogP contribution in [0, 0.1) is 6.92 Å². The van der Waals surface area contributed by atoms with Gasteiger partial charge in [0.25, 0.3) is 0 Å². The summed E-state index contributed by atoms with van der Waals surface area (Å²) in [7, 11) is 0. The van der Waals surface area contributed by atoms with Gasteiger partial charge in [-0.25, -0.2) is 9.97 Å². The van der Waals surface area contributed by atoms with E-state index in [2.05, 4.69) is 54.8 Å². The molecule has 0 aliphatic heterocycles. The summed E-state index contributed by atoms with van der Waals surface area (Å²) in [5.41, 5.74) is 1.03. The van der Waals surface area contributed by atoms with E-state index in [1.54, 1.807) is 0 Å². The molecule has 1 aromatic rings. The molecule has 0 spiro atoms. The van der Waals surface area contributed by atoms with Gasteiger partial charge in [-0.05, 0) is 46.3 Å². The fourth-order valence-electron chi connectivity index (χ4n) is 2.41. The van der Waals surface area contributed by atoms with Crippen molar-refractivity contribution in [3.05, 3.63) is 17.6 Å². The molecule has 1 atom stereocenters. The number of aryl methyl sites for hydroxylation is 1. The maximum Gasteiger partial charge on any atom is 0.133 e. The zero-order valence-electron chi connectivity index (χ0n) is 14.6. The monoisotopic (exact) mass is 292 g/mol. The topological polar surface area (TPSA) is 41.0 Å². The van der Waals surface area contributed by atoms with Gasteiger partial charge in [-0.1, -0.05) is 27.7 Å². The van der Waals surface area contributed by atoms with Gasteiger partial charge in [0, 0.05) is 23.7 Å². The first-order valence-corrected chi connectivity index (χ1v) is 8.30. The largest absolute Gasteiger partial charge is 0.368 e. The molecule has 0 radical (unpaired) electrons. The highest BCUT2D eigenvalue weighted by atomic mass is 15.1. The lowest BCUT2D eigenvalue weighted by molar-refractivity contribution is 0.295. The highest BCUT2D eigenvalue weighted by Crippen LogP contribution is 2.15. The van der Waals surface area contributed by atoms with Gasteiger partial charge in [0.2, 0.25) is 0 Å². The van der Waals surface area contributed by atoms with Gasteiger partial charge < -0.3 is 10.2 Å². The number of nitrogens with one attached hydrogen (secondary N) is 1. The van der Waals surface area contributed by atoms with Gasteiger partial charge in [0.1, 0.15) is 11.6 Å². The van der Waals surface area contributed by atoms with Crippen LogP contribution in [0.15, 0.2) is 6.07 Å². The van der Waals surface area contributed by atoms with Crippen LogP contribution < -0.4 is 5.32 Å². The van der Waals surface area contributed by atoms with E-state index in [1.165, 1.54) is 13.0 Å². The molecule has 1 unspecified atom stereocenters. The molecule has 1 heterocycles. The van der Waals surface area contributed by atoms with Crippen LogP contribution in [0.4, 0.5) is 5.82 Å². The van der Waals surface area contributed by atoms with Crippen molar-refractivity contribution >= 4 is 5.82 Å². The van der Waals surface area contributed by atoms with Gasteiger partial charge in [0.05, 0.1) is 0 Å². The minimum absolute atomic E-state index is 0.364. The van der Waals surface area contributed by atoms with E-state index < -0.39 is 0 Å². The molecule has 0 fully saturated rings. The molecule has 0 amide bonds. The molecule has 4 heteroatoms. The maximum absolute atomic E-state index is 4.62. The highest BCUT2D eigenvalue weighted by Gasteiger charge is 2.09. The smallest absolute Gasteiger partial charge is 0.133 e. The van der Waals surface area contributed by atoms with Gasteiger partial charge in [0.15, 0.2) is 0 Å². The zero-order valence-corrected chi connectivity index (χ0v) is 14.6. The highest BCUT2D eigenvalue weighted by molar-refractivity contribution is 5.37. The number of anilines is 1. The molecular formula is C17H32N4. The molecule has 0 saturated heterocycles. The van der Waals surface area contributed by atoms with E-state index in [-0.39, 0.29) is 0 Å². The van der Waals surface area contributed by atoms with E-state index in [9.17, 15) is 0 Å². The molecule has 0 aliphatic rings. The fourth-order valence-corrected chi connectivity index (χ4v) is 2.41. The number of rotatable bonds is 9. The Balaban J connectivity index is 2.49. The normalized spacial score (nSPS) is 13.0. The van der Waals surface area contributed by atoms with E-state index >= 15 is 0 Å². The van der Waals surface area contributed by atoms with Crippen molar-refractivity contribution in [2.75, 3.05) is 25.0 Å². The summed E-state index contributed by atoms with van der Waals surface area (Å²) in [4.78, 5) is 11.6. The predicted octanol–water partition coefficient (Wildman–Crippen LogP) is 3.83. The van der Waals surface area contributed by atoms with E-state index in [1.807, 2.05) is 13.0 Å². The number of hydrogen-bond donors (Lipinski definition) is 1. The summed E-state index contributed by atoms with van der Waals surface area (Å²) in [6.45, 7) is 16.4. The molecule has 0 aliphatic carbocycles. The number of aromatic nitrogens is 2. The van der Waals surface area contributed by atoms with Crippen LogP contribution in [0.1, 0.15) is 64.9 Å².